The topological polar surface area (TPSA) is 60.2 Å². The van der Waals surface area contributed by atoms with E-state index < -0.39 is 15.7 Å². The van der Waals surface area contributed by atoms with Gasteiger partial charge < -0.3 is 5.73 Å². The molecule has 0 unspecified atom stereocenters. The Morgan fingerprint density at radius 2 is 1.75 bits per heavy atom. The number of aryl methyl sites for hydroxylation is 1. The van der Waals surface area contributed by atoms with E-state index >= 15 is 0 Å². The number of hydrogen-bond acceptors (Lipinski definition) is 3. The van der Waals surface area contributed by atoms with Crippen LogP contribution in [0.4, 0.5) is 10.1 Å². The minimum Gasteiger partial charge on any atom is -0.399 e. The van der Waals surface area contributed by atoms with Gasteiger partial charge in [0.1, 0.15) is 5.82 Å². The third kappa shape index (κ3) is 3.81. The van der Waals surface area contributed by atoms with E-state index in [1.54, 1.807) is 0 Å². The SMILES string of the molecule is Nc1cc(F)cc(S(=O)(=O)CCCc2ccccc2)c1. The summed E-state index contributed by atoms with van der Waals surface area (Å²) in [5.41, 5.74) is 6.67. The second-order valence-electron chi connectivity index (χ2n) is 4.63. The number of halogens is 1. The van der Waals surface area contributed by atoms with Crippen molar-refractivity contribution in [3.8, 4) is 0 Å². The molecule has 0 saturated heterocycles. The Bertz CT molecular complexity index is 664. The van der Waals surface area contributed by atoms with Crippen LogP contribution >= 0.6 is 0 Å². The predicted octanol–water partition coefficient (Wildman–Crippen LogP) is 2.81. The van der Waals surface area contributed by atoms with Gasteiger partial charge in [0, 0.05) is 5.69 Å². The van der Waals surface area contributed by atoms with Gasteiger partial charge in [-0.05, 0) is 36.6 Å². The van der Waals surface area contributed by atoms with Gasteiger partial charge in [0.2, 0.25) is 0 Å². The lowest BCUT2D eigenvalue weighted by atomic mass is 10.1. The first-order chi connectivity index (χ1) is 9.47. The summed E-state index contributed by atoms with van der Waals surface area (Å²) in [5, 5.41) is 0. The van der Waals surface area contributed by atoms with E-state index in [2.05, 4.69) is 0 Å². The van der Waals surface area contributed by atoms with E-state index in [0.717, 1.165) is 17.7 Å². The molecule has 3 nitrogen and oxygen atoms in total. The summed E-state index contributed by atoms with van der Waals surface area (Å²) in [4.78, 5) is -0.0527. The Morgan fingerprint density at radius 3 is 2.40 bits per heavy atom. The van der Waals surface area contributed by atoms with E-state index in [-0.39, 0.29) is 16.3 Å². The number of nitrogen functional groups attached to an aromatic ring is 1. The minimum atomic E-state index is -3.50. The van der Waals surface area contributed by atoms with Gasteiger partial charge >= 0.3 is 0 Å². The van der Waals surface area contributed by atoms with Crippen LogP contribution in [0.15, 0.2) is 53.4 Å². The first-order valence-electron chi connectivity index (χ1n) is 6.30. The molecule has 2 aromatic rings. The molecule has 2 rings (SSSR count). The molecule has 0 fully saturated rings. The molecule has 0 saturated carbocycles. The molecule has 0 radical (unpaired) electrons. The zero-order valence-corrected chi connectivity index (χ0v) is 11.7. The maximum Gasteiger partial charge on any atom is 0.178 e. The molecule has 2 aromatic carbocycles. The lowest BCUT2D eigenvalue weighted by Gasteiger charge is -2.06. The molecular weight excluding hydrogens is 277 g/mol. The predicted molar refractivity (Wildman–Crippen MR) is 77.6 cm³/mol. The molecule has 0 aliphatic heterocycles. The highest BCUT2D eigenvalue weighted by Gasteiger charge is 2.15. The quantitative estimate of drug-likeness (QED) is 0.862. The number of nitrogens with two attached hydrogens (primary N) is 1. The van der Waals surface area contributed by atoms with Crippen molar-refractivity contribution in [2.45, 2.75) is 17.7 Å². The van der Waals surface area contributed by atoms with Crippen LogP contribution in [0.5, 0.6) is 0 Å². The van der Waals surface area contributed by atoms with Crippen LogP contribution in [-0.4, -0.2) is 14.2 Å². The molecule has 0 aromatic heterocycles. The number of benzene rings is 2. The van der Waals surface area contributed by atoms with Crippen molar-refractivity contribution >= 4 is 15.5 Å². The van der Waals surface area contributed by atoms with Crippen LogP contribution in [0.2, 0.25) is 0 Å². The maximum absolute atomic E-state index is 13.2. The number of hydrogen-bond donors (Lipinski definition) is 1. The summed E-state index contributed by atoms with van der Waals surface area (Å²) in [6.07, 6.45) is 1.16. The van der Waals surface area contributed by atoms with Crippen molar-refractivity contribution in [1.82, 2.24) is 0 Å². The number of rotatable bonds is 5. The monoisotopic (exact) mass is 293 g/mol. The van der Waals surface area contributed by atoms with E-state index in [1.165, 1.54) is 6.07 Å². The molecule has 5 heteroatoms. The Morgan fingerprint density at radius 1 is 1.05 bits per heavy atom. The van der Waals surface area contributed by atoms with Crippen molar-refractivity contribution in [2.24, 2.45) is 0 Å². The van der Waals surface area contributed by atoms with E-state index in [1.807, 2.05) is 30.3 Å². The zero-order chi connectivity index (χ0) is 14.6. The Balaban J connectivity index is 2.04. The van der Waals surface area contributed by atoms with Gasteiger partial charge in [-0.15, -0.1) is 0 Å². The normalized spacial score (nSPS) is 11.4. The van der Waals surface area contributed by atoms with Crippen molar-refractivity contribution < 1.29 is 12.8 Å². The standard InChI is InChI=1S/C15H16FNO2S/c16-13-9-14(17)11-15(10-13)20(18,19)8-4-7-12-5-2-1-3-6-12/h1-3,5-6,9-11H,4,7-8,17H2. The van der Waals surface area contributed by atoms with Gasteiger partial charge in [-0.3, -0.25) is 0 Å². The smallest absolute Gasteiger partial charge is 0.178 e. The average molecular weight is 293 g/mol. The first-order valence-corrected chi connectivity index (χ1v) is 7.95. The summed E-state index contributed by atoms with van der Waals surface area (Å²) in [7, 11) is -3.50. The number of sulfone groups is 1. The average Bonchev–Trinajstić information content (AvgIpc) is 2.38. The fraction of sp³-hybridized carbons (Fsp3) is 0.200. The summed E-state index contributed by atoms with van der Waals surface area (Å²) in [6, 6.07) is 13.0. The van der Waals surface area contributed by atoms with Crippen LogP contribution in [-0.2, 0) is 16.3 Å². The molecule has 20 heavy (non-hydrogen) atoms. The first kappa shape index (κ1) is 14.5. The van der Waals surface area contributed by atoms with Gasteiger partial charge in [-0.2, -0.15) is 0 Å². The molecular formula is C15H16FNO2S. The number of anilines is 1. The van der Waals surface area contributed by atoms with E-state index in [4.69, 9.17) is 5.73 Å². The maximum atomic E-state index is 13.2. The summed E-state index contributed by atoms with van der Waals surface area (Å²) in [5.74, 6) is -0.656. The lowest BCUT2D eigenvalue weighted by Crippen LogP contribution is -2.09. The highest BCUT2D eigenvalue weighted by molar-refractivity contribution is 7.91. The second kappa shape index (κ2) is 6.05. The molecule has 0 heterocycles. The Hall–Kier alpha value is -1.88. The van der Waals surface area contributed by atoms with Crippen molar-refractivity contribution in [3.63, 3.8) is 0 Å². The van der Waals surface area contributed by atoms with E-state index in [0.29, 0.717) is 12.8 Å². The molecule has 0 bridgehead atoms. The van der Waals surface area contributed by atoms with Crippen LogP contribution in [0.25, 0.3) is 0 Å². The molecule has 0 spiro atoms. The van der Waals surface area contributed by atoms with Crippen LogP contribution in [0.3, 0.4) is 0 Å². The Kier molecular flexibility index (Phi) is 4.39. The minimum absolute atomic E-state index is 0.0230. The third-order valence-electron chi connectivity index (χ3n) is 2.97. The fourth-order valence-corrected chi connectivity index (χ4v) is 3.36. The third-order valence-corrected chi connectivity index (χ3v) is 4.75. The van der Waals surface area contributed by atoms with Crippen LogP contribution in [0, 0.1) is 5.82 Å². The molecule has 0 aliphatic rings. The largest absolute Gasteiger partial charge is 0.399 e. The van der Waals surface area contributed by atoms with E-state index in [9.17, 15) is 12.8 Å². The molecule has 0 atom stereocenters. The fourth-order valence-electron chi connectivity index (χ4n) is 1.99. The summed E-state index contributed by atoms with van der Waals surface area (Å²) >= 11 is 0. The lowest BCUT2D eigenvalue weighted by molar-refractivity contribution is 0.588. The zero-order valence-electron chi connectivity index (χ0n) is 10.9. The van der Waals surface area contributed by atoms with Crippen LogP contribution in [0.1, 0.15) is 12.0 Å². The van der Waals surface area contributed by atoms with Crippen LogP contribution < -0.4 is 5.73 Å². The molecule has 0 amide bonds. The van der Waals surface area contributed by atoms with Crippen molar-refractivity contribution in [1.29, 1.82) is 0 Å². The molecule has 0 aliphatic carbocycles. The molecule has 106 valence electrons. The highest BCUT2D eigenvalue weighted by Crippen LogP contribution is 2.18. The Labute approximate surface area is 118 Å². The second-order valence-corrected chi connectivity index (χ2v) is 6.74. The summed E-state index contributed by atoms with van der Waals surface area (Å²) in [6.45, 7) is 0. The van der Waals surface area contributed by atoms with Gasteiger partial charge in [0.05, 0.1) is 10.6 Å². The van der Waals surface area contributed by atoms with Crippen molar-refractivity contribution in [3.05, 3.63) is 59.9 Å². The van der Waals surface area contributed by atoms with Gasteiger partial charge in [0.15, 0.2) is 9.84 Å². The molecule has 2 N–H and O–H groups in total. The highest BCUT2D eigenvalue weighted by atomic mass is 32.2. The van der Waals surface area contributed by atoms with Gasteiger partial charge in [-0.1, -0.05) is 30.3 Å². The van der Waals surface area contributed by atoms with Crippen molar-refractivity contribution in [2.75, 3.05) is 11.5 Å². The van der Waals surface area contributed by atoms with Gasteiger partial charge in [-0.25, -0.2) is 12.8 Å². The summed E-state index contributed by atoms with van der Waals surface area (Å²) < 4.78 is 37.4. The van der Waals surface area contributed by atoms with Gasteiger partial charge in [0.25, 0.3) is 0 Å².